The maximum Gasteiger partial charge on any atom is 0.138 e. The van der Waals surface area contributed by atoms with Gasteiger partial charge >= 0.3 is 0 Å². The van der Waals surface area contributed by atoms with Crippen LogP contribution in [0.1, 0.15) is 47.5 Å². The van der Waals surface area contributed by atoms with E-state index in [0.29, 0.717) is 23.0 Å². The molecule has 0 radical (unpaired) electrons. The molecular weight excluding hydrogens is 160 g/mol. The fraction of sp³-hybridized carbons (Fsp3) is 0.917. The molecule has 1 nitrogen and oxygen atoms in total. The van der Waals surface area contributed by atoms with Crippen LogP contribution in [-0.4, -0.2) is 5.78 Å². The maximum atomic E-state index is 11.8. The van der Waals surface area contributed by atoms with Crippen LogP contribution in [0.15, 0.2) is 0 Å². The molecule has 0 saturated heterocycles. The molecule has 0 N–H and O–H groups in total. The molecule has 1 rings (SSSR count). The number of hydrogen-bond acceptors (Lipinski definition) is 1. The minimum absolute atomic E-state index is 0.210. The Morgan fingerprint density at radius 3 is 2.15 bits per heavy atom. The summed E-state index contributed by atoms with van der Waals surface area (Å²) in [4.78, 5) is 11.8. The van der Waals surface area contributed by atoms with Crippen molar-refractivity contribution >= 4 is 5.78 Å². The zero-order valence-electron chi connectivity index (χ0n) is 9.55. The third-order valence-electron chi connectivity index (χ3n) is 3.27. The average molecular weight is 182 g/mol. The summed E-state index contributed by atoms with van der Waals surface area (Å²) < 4.78 is 0. The Hall–Kier alpha value is -0.330. The molecule has 1 aliphatic carbocycles. The van der Waals surface area contributed by atoms with Crippen molar-refractivity contribution in [1.82, 2.24) is 0 Å². The van der Waals surface area contributed by atoms with Gasteiger partial charge in [0.2, 0.25) is 0 Å². The molecule has 1 heteroatoms. The van der Waals surface area contributed by atoms with Crippen molar-refractivity contribution in [2.45, 2.75) is 47.5 Å². The molecule has 0 spiro atoms. The number of hydrogen-bond donors (Lipinski definition) is 0. The topological polar surface area (TPSA) is 17.1 Å². The van der Waals surface area contributed by atoms with Crippen LogP contribution < -0.4 is 0 Å². The highest BCUT2D eigenvalue weighted by Crippen LogP contribution is 2.45. The van der Waals surface area contributed by atoms with Gasteiger partial charge < -0.3 is 0 Å². The molecule has 0 aromatic rings. The van der Waals surface area contributed by atoms with Crippen LogP contribution in [-0.2, 0) is 4.79 Å². The van der Waals surface area contributed by atoms with Gasteiger partial charge in [-0.3, -0.25) is 4.79 Å². The van der Waals surface area contributed by atoms with Gasteiger partial charge in [-0.25, -0.2) is 0 Å². The van der Waals surface area contributed by atoms with Crippen molar-refractivity contribution in [3.63, 3.8) is 0 Å². The molecule has 1 aliphatic rings. The van der Waals surface area contributed by atoms with Crippen LogP contribution in [0.25, 0.3) is 0 Å². The predicted octanol–water partition coefficient (Wildman–Crippen LogP) is 3.28. The Morgan fingerprint density at radius 1 is 1.31 bits per heavy atom. The van der Waals surface area contributed by atoms with Gasteiger partial charge in [-0.2, -0.15) is 0 Å². The van der Waals surface area contributed by atoms with E-state index in [1.807, 2.05) is 13.8 Å². The first-order chi connectivity index (χ1) is 5.83. The molecule has 2 unspecified atom stereocenters. The van der Waals surface area contributed by atoms with Crippen molar-refractivity contribution in [2.24, 2.45) is 23.2 Å². The quantitative estimate of drug-likeness (QED) is 0.640. The number of carbonyl (C=O) groups excluding carboxylic acids is 1. The first-order valence-corrected chi connectivity index (χ1v) is 5.37. The third-order valence-corrected chi connectivity index (χ3v) is 3.27. The fourth-order valence-corrected chi connectivity index (χ4v) is 2.70. The van der Waals surface area contributed by atoms with Gasteiger partial charge in [-0.15, -0.1) is 0 Å². The second-order valence-electron chi connectivity index (χ2n) is 5.71. The van der Waals surface area contributed by atoms with Crippen LogP contribution >= 0.6 is 0 Å². The first kappa shape index (κ1) is 10.7. The summed E-state index contributed by atoms with van der Waals surface area (Å²) >= 11 is 0. The van der Waals surface area contributed by atoms with E-state index in [2.05, 4.69) is 20.8 Å². The van der Waals surface area contributed by atoms with Crippen molar-refractivity contribution in [3.8, 4) is 0 Å². The molecule has 1 saturated carbocycles. The molecule has 76 valence electrons. The molecule has 0 aromatic heterocycles. The van der Waals surface area contributed by atoms with Crippen LogP contribution in [0.5, 0.6) is 0 Å². The smallest absolute Gasteiger partial charge is 0.138 e. The first-order valence-electron chi connectivity index (χ1n) is 5.37. The normalized spacial score (nSPS) is 32.5. The molecule has 0 heterocycles. The van der Waals surface area contributed by atoms with E-state index in [4.69, 9.17) is 0 Å². The lowest BCUT2D eigenvalue weighted by atomic mass is 9.86. The second-order valence-corrected chi connectivity index (χ2v) is 5.71. The standard InChI is InChI=1S/C12H22O/c1-8(2)11(13)10-7-12(4,5)6-9(10)3/h8-10H,6-7H2,1-5H3. The maximum absolute atomic E-state index is 11.8. The van der Waals surface area contributed by atoms with Crippen LogP contribution in [0, 0.1) is 23.2 Å². The third kappa shape index (κ3) is 2.32. The van der Waals surface area contributed by atoms with Gasteiger partial charge in [0, 0.05) is 11.8 Å². The van der Waals surface area contributed by atoms with Gasteiger partial charge in [0.15, 0.2) is 0 Å². The molecule has 1 fully saturated rings. The Balaban J connectivity index is 2.68. The van der Waals surface area contributed by atoms with Gasteiger partial charge in [0.25, 0.3) is 0 Å². The van der Waals surface area contributed by atoms with Gasteiger partial charge in [-0.05, 0) is 24.2 Å². The van der Waals surface area contributed by atoms with Crippen molar-refractivity contribution in [1.29, 1.82) is 0 Å². The molecule has 13 heavy (non-hydrogen) atoms. The van der Waals surface area contributed by atoms with Gasteiger partial charge in [-0.1, -0.05) is 34.6 Å². The zero-order valence-corrected chi connectivity index (χ0v) is 9.55. The van der Waals surface area contributed by atoms with Crippen molar-refractivity contribution < 1.29 is 4.79 Å². The van der Waals surface area contributed by atoms with Crippen LogP contribution in [0.2, 0.25) is 0 Å². The predicted molar refractivity (Wildman–Crippen MR) is 55.5 cm³/mol. The molecule has 0 amide bonds. The van der Waals surface area contributed by atoms with Gasteiger partial charge in [0.05, 0.1) is 0 Å². The summed E-state index contributed by atoms with van der Waals surface area (Å²) in [7, 11) is 0. The van der Waals surface area contributed by atoms with Crippen LogP contribution in [0.3, 0.4) is 0 Å². The lowest BCUT2D eigenvalue weighted by molar-refractivity contribution is -0.126. The average Bonchev–Trinajstić information content (AvgIpc) is 2.22. The Morgan fingerprint density at radius 2 is 1.85 bits per heavy atom. The van der Waals surface area contributed by atoms with E-state index in [1.54, 1.807) is 0 Å². The summed E-state index contributed by atoms with van der Waals surface area (Å²) in [5.41, 5.74) is 0.384. The lowest BCUT2D eigenvalue weighted by Gasteiger charge is -2.17. The van der Waals surface area contributed by atoms with Gasteiger partial charge in [0.1, 0.15) is 5.78 Å². The summed E-state index contributed by atoms with van der Waals surface area (Å²) in [5.74, 6) is 1.60. The largest absolute Gasteiger partial charge is 0.299 e. The van der Waals surface area contributed by atoms with E-state index in [0.717, 1.165) is 6.42 Å². The van der Waals surface area contributed by atoms with E-state index in [-0.39, 0.29) is 5.92 Å². The van der Waals surface area contributed by atoms with E-state index >= 15 is 0 Å². The molecule has 2 atom stereocenters. The lowest BCUT2D eigenvalue weighted by Crippen LogP contribution is -2.22. The molecule has 0 aliphatic heterocycles. The number of rotatable bonds is 2. The monoisotopic (exact) mass is 182 g/mol. The minimum atomic E-state index is 0.210. The highest BCUT2D eigenvalue weighted by molar-refractivity contribution is 5.83. The van der Waals surface area contributed by atoms with Crippen molar-refractivity contribution in [3.05, 3.63) is 0 Å². The second kappa shape index (κ2) is 3.43. The Labute approximate surface area is 81.9 Å². The molecule has 0 bridgehead atoms. The SMILES string of the molecule is CC(C)C(=O)C1CC(C)(C)CC1C. The minimum Gasteiger partial charge on any atom is -0.299 e. The van der Waals surface area contributed by atoms with E-state index in [9.17, 15) is 4.79 Å². The van der Waals surface area contributed by atoms with Crippen molar-refractivity contribution in [2.75, 3.05) is 0 Å². The van der Waals surface area contributed by atoms with Crippen LogP contribution in [0.4, 0.5) is 0 Å². The molecular formula is C12H22O. The highest BCUT2D eigenvalue weighted by Gasteiger charge is 2.40. The van der Waals surface area contributed by atoms with E-state index in [1.165, 1.54) is 6.42 Å². The number of Topliss-reactive ketones (excluding diaryl/α,β-unsaturated/α-hetero) is 1. The Kier molecular flexibility index (Phi) is 2.84. The summed E-state index contributed by atoms with van der Waals surface area (Å²) in [6.45, 7) is 10.8. The zero-order chi connectivity index (χ0) is 10.2. The highest BCUT2D eigenvalue weighted by atomic mass is 16.1. The molecule has 0 aromatic carbocycles. The summed E-state index contributed by atoms with van der Waals surface area (Å²) in [6.07, 6.45) is 2.29. The number of ketones is 1. The summed E-state index contributed by atoms with van der Waals surface area (Å²) in [5, 5.41) is 0. The Bertz CT molecular complexity index is 203. The fourth-order valence-electron chi connectivity index (χ4n) is 2.70. The summed E-state index contributed by atoms with van der Waals surface area (Å²) in [6, 6.07) is 0. The number of carbonyl (C=O) groups is 1. The van der Waals surface area contributed by atoms with E-state index < -0.39 is 0 Å².